The summed E-state index contributed by atoms with van der Waals surface area (Å²) in [7, 11) is 0. The number of alkyl halides is 6. The van der Waals surface area contributed by atoms with Crippen LogP contribution in [-0.4, -0.2) is 75.3 Å². The predicted molar refractivity (Wildman–Crippen MR) is 123 cm³/mol. The third-order valence-electron chi connectivity index (χ3n) is 7.53. The summed E-state index contributed by atoms with van der Waals surface area (Å²) in [6, 6.07) is 2.63. The number of rotatable bonds is 4. The van der Waals surface area contributed by atoms with Crippen LogP contribution in [-0.2, 0) is 15.7 Å². The lowest BCUT2D eigenvalue weighted by molar-refractivity contribution is -0.344. The SMILES string of the molecule is C[C@@H]1CC(OC(F)(F)F)CCN1c1cc(N2C3CCC2COC3)nc2c1c(C(F)(F)F)nn2-c1ccn[nH]1. The maximum atomic E-state index is 14.3. The van der Waals surface area contributed by atoms with Gasteiger partial charge in [-0.2, -0.15) is 28.1 Å². The van der Waals surface area contributed by atoms with Crippen molar-refractivity contribution >= 4 is 22.5 Å². The zero-order chi connectivity index (χ0) is 26.8. The summed E-state index contributed by atoms with van der Waals surface area (Å²) < 4.78 is 92.6. The van der Waals surface area contributed by atoms with Gasteiger partial charge in [0.15, 0.2) is 17.2 Å². The number of fused-ring (bicyclic) bond motifs is 3. The first kappa shape index (κ1) is 25.2. The fraction of sp³-hybridized carbons (Fsp3) is 0.609. The molecule has 0 aliphatic carbocycles. The van der Waals surface area contributed by atoms with Crippen molar-refractivity contribution in [1.29, 1.82) is 0 Å². The van der Waals surface area contributed by atoms with Crippen molar-refractivity contribution in [3.8, 4) is 5.82 Å². The van der Waals surface area contributed by atoms with Crippen molar-refractivity contribution in [2.75, 3.05) is 29.6 Å². The molecule has 6 heterocycles. The minimum Gasteiger partial charge on any atom is -0.377 e. The molecule has 1 N–H and O–H groups in total. The second-order valence-electron chi connectivity index (χ2n) is 9.98. The number of anilines is 2. The van der Waals surface area contributed by atoms with Crippen LogP contribution in [0.2, 0.25) is 0 Å². The third kappa shape index (κ3) is 4.44. The molecule has 2 bridgehead atoms. The van der Waals surface area contributed by atoms with Crippen LogP contribution < -0.4 is 9.80 Å². The van der Waals surface area contributed by atoms with Crippen molar-refractivity contribution < 1.29 is 35.8 Å². The molecule has 15 heteroatoms. The Hall–Kier alpha value is -3.07. The van der Waals surface area contributed by atoms with Gasteiger partial charge >= 0.3 is 12.5 Å². The van der Waals surface area contributed by atoms with Gasteiger partial charge in [-0.3, -0.25) is 9.84 Å². The normalized spacial score (nSPS) is 26.5. The summed E-state index contributed by atoms with van der Waals surface area (Å²) in [5.74, 6) is 0.690. The third-order valence-corrected chi connectivity index (χ3v) is 7.53. The lowest BCUT2D eigenvalue weighted by Gasteiger charge is -2.40. The molecular weight excluding hydrogens is 520 g/mol. The highest BCUT2D eigenvalue weighted by Gasteiger charge is 2.44. The number of piperidine rings is 1. The fourth-order valence-electron chi connectivity index (χ4n) is 5.96. The number of ether oxygens (including phenoxy) is 2. The molecule has 0 radical (unpaired) electrons. The number of hydrogen-bond donors (Lipinski definition) is 1. The van der Waals surface area contributed by atoms with E-state index in [1.807, 2.05) is 0 Å². The molecule has 4 atom stereocenters. The number of nitrogens with one attached hydrogen (secondary N) is 1. The number of pyridine rings is 1. The predicted octanol–water partition coefficient (Wildman–Crippen LogP) is 4.42. The molecule has 206 valence electrons. The van der Waals surface area contributed by atoms with E-state index in [0.29, 0.717) is 19.0 Å². The standard InChI is InChI=1S/C23H25F6N7O2/c1-12-8-15(38-23(27,28)29)5-7-34(12)16-9-18(35-13-2-3-14(35)11-37-10-13)31-21-19(16)20(22(24,25)26)33-36(21)17-4-6-30-32-17/h4,6,9,12-15H,2-3,5,7-8,10-11H2,1H3,(H,30,32)/t12-,13?,14?,15?/m1/s1. The smallest absolute Gasteiger partial charge is 0.377 e. The number of nitrogens with zero attached hydrogens (tertiary/aromatic N) is 6. The molecule has 0 aromatic carbocycles. The van der Waals surface area contributed by atoms with Gasteiger partial charge in [0.2, 0.25) is 0 Å². The van der Waals surface area contributed by atoms with Crippen molar-refractivity contribution in [2.24, 2.45) is 0 Å². The minimum absolute atomic E-state index is 0.00183. The van der Waals surface area contributed by atoms with E-state index in [9.17, 15) is 26.3 Å². The van der Waals surface area contributed by atoms with Crippen LogP contribution in [0.1, 0.15) is 38.3 Å². The Labute approximate surface area is 212 Å². The molecule has 3 fully saturated rings. The van der Waals surface area contributed by atoms with E-state index < -0.39 is 30.4 Å². The topological polar surface area (TPSA) is 84.3 Å². The van der Waals surface area contributed by atoms with E-state index in [1.165, 1.54) is 12.3 Å². The van der Waals surface area contributed by atoms with E-state index in [-0.39, 0.29) is 54.0 Å². The zero-order valence-electron chi connectivity index (χ0n) is 20.3. The molecule has 3 unspecified atom stereocenters. The Kier molecular flexibility index (Phi) is 5.98. The van der Waals surface area contributed by atoms with Crippen LogP contribution >= 0.6 is 0 Å². The lowest BCUT2D eigenvalue weighted by Crippen LogP contribution is -2.47. The molecule has 9 nitrogen and oxygen atoms in total. The summed E-state index contributed by atoms with van der Waals surface area (Å²) in [4.78, 5) is 8.50. The van der Waals surface area contributed by atoms with Crippen LogP contribution in [0.25, 0.3) is 16.9 Å². The maximum Gasteiger partial charge on any atom is 0.522 e. The van der Waals surface area contributed by atoms with E-state index in [4.69, 9.17) is 9.72 Å². The van der Waals surface area contributed by atoms with Gasteiger partial charge in [0.25, 0.3) is 0 Å². The molecule has 38 heavy (non-hydrogen) atoms. The molecule has 3 aromatic heterocycles. The van der Waals surface area contributed by atoms with Crippen LogP contribution in [0.15, 0.2) is 18.3 Å². The molecule has 3 aliphatic rings. The van der Waals surface area contributed by atoms with E-state index in [2.05, 4.69) is 24.9 Å². The van der Waals surface area contributed by atoms with Crippen molar-refractivity contribution in [3.05, 3.63) is 24.0 Å². The second-order valence-corrected chi connectivity index (χ2v) is 9.98. The summed E-state index contributed by atoms with van der Waals surface area (Å²) in [5.41, 5.74) is -0.908. The van der Waals surface area contributed by atoms with E-state index >= 15 is 0 Å². The second kappa shape index (κ2) is 9.00. The molecule has 0 spiro atoms. The van der Waals surface area contributed by atoms with Gasteiger partial charge in [0, 0.05) is 24.7 Å². The Morgan fingerprint density at radius 1 is 1.08 bits per heavy atom. The van der Waals surface area contributed by atoms with Gasteiger partial charge < -0.3 is 14.5 Å². The van der Waals surface area contributed by atoms with Crippen molar-refractivity contribution in [2.45, 2.75) is 69.4 Å². The van der Waals surface area contributed by atoms with E-state index in [1.54, 1.807) is 17.9 Å². The van der Waals surface area contributed by atoms with Gasteiger partial charge in [-0.1, -0.05) is 0 Å². The van der Waals surface area contributed by atoms with Crippen LogP contribution in [0.4, 0.5) is 37.8 Å². The summed E-state index contributed by atoms with van der Waals surface area (Å²) in [6.45, 7) is 2.72. The zero-order valence-corrected chi connectivity index (χ0v) is 20.3. The van der Waals surface area contributed by atoms with Crippen LogP contribution in [0.3, 0.4) is 0 Å². The van der Waals surface area contributed by atoms with Gasteiger partial charge in [-0.15, -0.1) is 13.2 Å². The van der Waals surface area contributed by atoms with Crippen LogP contribution in [0.5, 0.6) is 0 Å². The number of aromatic nitrogens is 5. The molecule has 3 aliphatic heterocycles. The lowest BCUT2D eigenvalue weighted by atomic mass is 9.99. The average molecular weight is 545 g/mol. The molecule has 3 aromatic rings. The Morgan fingerprint density at radius 3 is 2.42 bits per heavy atom. The fourth-order valence-corrected chi connectivity index (χ4v) is 5.96. The molecule has 0 amide bonds. The molecule has 6 rings (SSSR count). The van der Waals surface area contributed by atoms with Crippen LogP contribution in [0, 0.1) is 0 Å². The Balaban J connectivity index is 1.51. The maximum absolute atomic E-state index is 14.3. The number of halogens is 6. The molecule has 0 saturated carbocycles. The quantitative estimate of drug-likeness (QED) is 0.486. The van der Waals surface area contributed by atoms with Gasteiger partial charge in [0.05, 0.1) is 48.7 Å². The highest BCUT2D eigenvalue weighted by molar-refractivity contribution is 5.95. The molecular formula is C23H25F6N7O2. The number of aromatic amines is 1. The number of H-pyrrole nitrogens is 1. The first-order valence-corrected chi connectivity index (χ1v) is 12.4. The van der Waals surface area contributed by atoms with E-state index in [0.717, 1.165) is 17.5 Å². The number of morpholine rings is 1. The van der Waals surface area contributed by atoms with Gasteiger partial charge in [-0.25, -0.2) is 4.98 Å². The number of hydrogen-bond acceptors (Lipinski definition) is 7. The summed E-state index contributed by atoms with van der Waals surface area (Å²) in [6.07, 6.45) is -7.54. The Morgan fingerprint density at radius 2 is 1.82 bits per heavy atom. The largest absolute Gasteiger partial charge is 0.522 e. The molecule has 3 saturated heterocycles. The highest BCUT2D eigenvalue weighted by atomic mass is 19.4. The van der Waals surface area contributed by atoms with Gasteiger partial charge in [-0.05, 0) is 32.6 Å². The summed E-state index contributed by atoms with van der Waals surface area (Å²) >= 11 is 0. The van der Waals surface area contributed by atoms with Gasteiger partial charge in [0.1, 0.15) is 5.82 Å². The first-order valence-electron chi connectivity index (χ1n) is 12.4. The first-order chi connectivity index (χ1) is 18.0. The average Bonchev–Trinajstić information content (AvgIpc) is 3.54. The van der Waals surface area contributed by atoms with Crippen molar-refractivity contribution in [3.63, 3.8) is 0 Å². The minimum atomic E-state index is -4.81. The highest BCUT2D eigenvalue weighted by Crippen LogP contribution is 2.44. The summed E-state index contributed by atoms with van der Waals surface area (Å²) in [5, 5.41) is 10.2. The Bertz CT molecular complexity index is 1290. The van der Waals surface area contributed by atoms with Crippen molar-refractivity contribution in [1.82, 2.24) is 25.0 Å². The monoisotopic (exact) mass is 545 g/mol.